The van der Waals surface area contributed by atoms with Gasteiger partial charge in [0.05, 0.1) is 5.52 Å². The molecule has 4 nitrogen and oxygen atoms in total. The molecule has 5 heteroatoms. The van der Waals surface area contributed by atoms with Gasteiger partial charge in [0.25, 0.3) is 0 Å². The number of hydrogen-bond acceptors (Lipinski definition) is 3. The Morgan fingerprint density at radius 3 is 2.90 bits per heavy atom. The summed E-state index contributed by atoms with van der Waals surface area (Å²) in [5.41, 5.74) is 3.91. The Balaban J connectivity index is 1.91. The third kappa shape index (κ3) is 2.73. The number of anilines is 2. The molecule has 2 heterocycles. The maximum atomic E-state index is 13.1. The summed E-state index contributed by atoms with van der Waals surface area (Å²) in [5, 5.41) is 7.45. The van der Waals surface area contributed by atoms with Gasteiger partial charge in [-0.3, -0.25) is 0 Å². The summed E-state index contributed by atoms with van der Waals surface area (Å²) in [6, 6.07) is 6.61. The summed E-state index contributed by atoms with van der Waals surface area (Å²) in [6.45, 7) is 2.66. The number of nitrogens with one attached hydrogen (secondary N) is 3. The van der Waals surface area contributed by atoms with Crippen LogP contribution in [0.4, 0.5) is 15.9 Å². The summed E-state index contributed by atoms with van der Waals surface area (Å²) >= 11 is 0. The molecule has 0 spiro atoms. The zero-order valence-electron chi connectivity index (χ0n) is 12.0. The van der Waals surface area contributed by atoms with Gasteiger partial charge in [-0.25, -0.2) is 9.37 Å². The predicted octanol–water partition coefficient (Wildman–Crippen LogP) is 3.47. The zero-order chi connectivity index (χ0) is 14.8. The number of aryl methyl sites for hydroxylation is 1. The summed E-state index contributed by atoms with van der Waals surface area (Å²) in [4.78, 5) is 7.67. The van der Waals surface area contributed by atoms with Gasteiger partial charge in [-0.05, 0) is 43.3 Å². The van der Waals surface area contributed by atoms with Crippen molar-refractivity contribution in [3.05, 3.63) is 53.6 Å². The zero-order valence-corrected chi connectivity index (χ0v) is 12.0. The molecule has 0 atom stereocenters. The van der Waals surface area contributed by atoms with Crippen LogP contribution in [-0.4, -0.2) is 17.0 Å². The molecule has 0 unspecified atom stereocenters. The molecule has 1 aromatic carbocycles. The van der Waals surface area contributed by atoms with Crippen molar-refractivity contribution >= 4 is 22.4 Å². The van der Waals surface area contributed by atoms with E-state index in [2.05, 4.69) is 20.6 Å². The van der Waals surface area contributed by atoms with E-state index < -0.39 is 0 Å². The summed E-state index contributed by atoms with van der Waals surface area (Å²) in [5.74, 6) is 0.498. The van der Waals surface area contributed by atoms with Crippen LogP contribution in [0.3, 0.4) is 0 Å². The number of benzene rings is 1. The van der Waals surface area contributed by atoms with E-state index in [1.54, 1.807) is 6.07 Å². The lowest BCUT2D eigenvalue weighted by Crippen LogP contribution is -2.04. The van der Waals surface area contributed by atoms with Gasteiger partial charge in [-0.2, -0.15) is 0 Å². The molecule has 2 aromatic heterocycles. The second kappa shape index (κ2) is 5.54. The van der Waals surface area contributed by atoms with Crippen molar-refractivity contribution in [1.82, 2.24) is 15.3 Å². The first kappa shape index (κ1) is 13.6. The van der Waals surface area contributed by atoms with Crippen LogP contribution in [0.1, 0.15) is 11.1 Å². The van der Waals surface area contributed by atoms with Crippen LogP contribution >= 0.6 is 0 Å². The fourth-order valence-corrected chi connectivity index (χ4v) is 2.38. The average molecular weight is 284 g/mol. The second-order valence-corrected chi connectivity index (χ2v) is 5.04. The Labute approximate surface area is 122 Å². The van der Waals surface area contributed by atoms with Crippen molar-refractivity contribution in [2.24, 2.45) is 0 Å². The molecule has 0 saturated heterocycles. The number of aromatic amines is 1. The van der Waals surface area contributed by atoms with Gasteiger partial charge in [-0.15, -0.1) is 0 Å². The maximum absolute atomic E-state index is 13.1. The lowest BCUT2D eigenvalue weighted by atomic mass is 10.2. The molecule has 3 aromatic rings. The van der Waals surface area contributed by atoms with Crippen LogP contribution in [-0.2, 0) is 6.54 Å². The molecule has 3 N–H and O–H groups in total. The highest BCUT2D eigenvalue weighted by Gasteiger charge is 2.06. The molecule has 0 aliphatic heterocycles. The van der Waals surface area contributed by atoms with E-state index in [-0.39, 0.29) is 5.82 Å². The van der Waals surface area contributed by atoms with Gasteiger partial charge >= 0.3 is 0 Å². The van der Waals surface area contributed by atoms with Gasteiger partial charge in [-0.1, -0.05) is 0 Å². The Hall–Kier alpha value is -2.40. The molecule has 0 bridgehead atoms. The lowest BCUT2D eigenvalue weighted by molar-refractivity contribution is 0.627. The van der Waals surface area contributed by atoms with Gasteiger partial charge < -0.3 is 15.6 Å². The number of nitrogens with zero attached hydrogens (tertiary/aromatic N) is 1. The van der Waals surface area contributed by atoms with Crippen molar-refractivity contribution < 1.29 is 4.39 Å². The minimum atomic E-state index is -0.234. The van der Waals surface area contributed by atoms with Crippen LogP contribution in [0.25, 0.3) is 10.9 Å². The molecule has 0 saturated carbocycles. The number of fused-ring (bicyclic) bond motifs is 1. The van der Waals surface area contributed by atoms with E-state index in [1.807, 2.05) is 32.4 Å². The number of H-pyrrole nitrogens is 1. The van der Waals surface area contributed by atoms with E-state index in [9.17, 15) is 4.39 Å². The molecule has 0 fully saturated rings. The molecule has 3 rings (SSSR count). The van der Waals surface area contributed by atoms with E-state index in [4.69, 9.17) is 0 Å². The van der Waals surface area contributed by atoms with Crippen LogP contribution < -0.4 is 10.6 Å². The first-order chi connectivity index (χ1) is 10.2. The maximum Gasteiger partial charge on any atom is 0.132 e. The third-order valence-electron chi connectivity index (χ3n) is 3.47. The van der Waals surface area contributed by atoms with Crippen molar-refractivity contribution in [2.45, 2.75) is 13.5 Å². The number of hydrogen-bond donors (Lipinski definition) is 3. The average Bonchev–Trinajstić information content (AvgIpc) is 2.85. The fourth-order valence-electron chi connectivity index (χ4n) is 2.38. The quantitative estimate of drug-likeness (QED) is 0.687. The normalized spacial score (nSPS) is 11.0. The molecule has 0 aliphatic rings. The van der Waals surface area contributed by atoms with Crippen LogP contribution in [0, 0.1) is 12.7 Å². The molecular weight excluding hydrogens is 267 g/mol. The van der Waals surface area contributed by atoms with Crippen LogP contribution in [0.2, 0.25) is 0 Å². The van der Waals surface area contributed by atoms with Gasteiger partial charge in [0.15, 0.2) is 0 Å². The molecule has 0 amide bonds. The first-order valence-corrected chi connectivity index (χ1v) is 6.81. The summed E-state index contributed by atoms with van der Waals surface area (Å²) < 4.78 is 13.1. The molecule has 0 radical (unpaired) electrons. The SMILES string of the molecule is CNCc1c[nH]c2cc(Nc3ccc(F)cc3C)ncc12. The van der Waals surface area contributed by atoms with Crippen molar-refractivity contribution in [3.63, 3.8) is 0 Å². The topological polar surface area (TPSA) is 52.7 Å². The second-order valence-electron chi connectivity index (χ2n) is 5.04. The highest BCUT2D eigenvalue weighted by atomic mass is 19.1. The van der Waals surface area contributed by atoms with Crippen molar-refractivity contribution in [2.75, 3.05) is 12.4 Å². The van der Waals surface area contributed by atoms with Crippen LogP contribution in [0.15, 0.2) is 36.7 Å². The highest BCUT2D eigenvalue weighted by molar-refractivity contribution is 5.85. The Bertz CT molecular complexity index is 779. The highest BCUT2D eigenvalue weighted by Crippen LogP contribution is 2.24. The van der Waals surface area contributed by atoms with Crippen molar-refractivity contribution in [3.8, 4) is 0 Å². The van der Waals surface area contributed by atoms with Gasteiger partial charge in [0, 0.05) is 36.1 Å². The largest absolute Gasteiger partial charge is 0.361 e. The molecule has 21 heavy (non-hydrogen) atoms. The fraction of sp³-hybridized carbons (Fsp3) is 0.188. The standard InChI is InChI=1S/C16H17FN4/c1-10-5-12(17)3-4-14(10)21-16-6-15-13(9-20-16)11(7-18-2)8-19-15/h3-6,8-9,18-19H,7H2,1-2H3,(H,20,21). The lowest BCUT2D eigenvalue weighted by Gasteiger charge is -2.09. The third-order valence-corrected chi connectivity index (χ3v) is 3.47. The van der Waals surface area contributed by atoms with E-state index in [1.165, 1.54) is 17.7 Å². The molecular formula is C16H17FN4. The summed E-state index contributed by atoms with van der Waals surface area (Å²) in [7, 11) is 1.92. The number of halogens is 1. The number of aromatic nitrogens is 2. The van der Waals surface area contributed by atoms with Crippen molar-refractivity contribution in [1.29, 1.82) is 0 Å². The molecule has 0 aliphatic carbocycles. The number of rotatable bonds is 4. The van der Waals surface area contributed by atoms with E-state index in [0.29, 0.717) is 0 Å². The first-order valence-electron chi connectivity index (χ1n) is 6.81. The Morgan fingerprint density at radius 2 is 2.14 bits per heavy atom. The van der Waals surface area contributed by atoms with E-state index in [0.717, 1.165) is 34.5 Å². The monoisotopic (exact) mass is 284 g/mol. The van der Waals surface area contributed by atoms with Gasteiger partial charge in [0.2, 0.25) is 0 Å². The Morgan fingerprint density at radius 1 is 1.29 bits per heavy atom. The molecule has 108 valence electrons. The van der Waals surface area contributed by atoms with Gasteiger partial charge in [0.1, 0.15) is 11.6 Å². The Kier molecular flexibility index (Phi) is 3.58. The predicted molar refractivity (Wildman–Crippen MR) is 83.3 cm³/mol. The minimum Gasteiger partial charge on any atom is -0.361 e. The smallest absolute Gasteiger partial charge is 0.132 e. The minimum absolute atomic E-state index is 0.234. The van der Waals surface area contributed by atoms with E-state index >= 15 is 0 Å². The number of pyridine rings is 1. The van der Waals surface area contributed by atoms with Crippen LogP contribution in [0.5, 0.6) is 0 Å². The summed E-state index contributed by atoms with van der Waals surface area (Å²) in [6.07, 6.45) is 3.83.